The minimum Gasteiger partial charge on any atom is -0.333 e. The first-order chi connectivity index (χ1) is 8.97. The van der Waals surface area contributed by atoms with E-state index in [1.54, 1.807) is 19.0 Å². The van der Waals surface area contributed by atoms with Crippen LogP contribution >= 0.6 is 0 Å². The summed E-state index contributed by atoms with van der Waals surface area (Å²) in [7, 11) is 3.37. The van der Waals surface area contributed by atoms with Gasteiger partial charge in [-0.3, -0.25) is 4.79 Å². The van der Waals surface area contributed by atoms with Crippen molar-refractivity contribution in [2.24, 2.45) is 0 Å². The zero-order valence-electron chi connectivity index (χ0n) is 11.5. The van der Waals surface area contributed by atoms with Gasteiger partial charge in [0.2, 0.25) is 5.91 Å². The molecule has 1 aromatic rings. The van der Waals surface area contributed by atoms with Gasteiger partial charge in [-0.1, -0.05) is 17.7 Å². The number of nitrogens with zero attached hydrogens (tertiary/aromatic N) is 2. The molecular formula is C14H19N3O2. The molecule has 0 aromatic heterocycles. The van der Waals surface area contributed by atoms with Crippen LogP contribution in [-0.2, 0) is 4.79 Å². The molecule has 1 aliphatic heterocycles. The monoisotopic (exact) mass is 261 g/mol. The maximum absolute atomic E-state index is 12.0. The minimum atomic E-state index is -0.163. The number of aryl methyl sites for hydroxylation is 1. The van der Waals surface area contributed by atoms with Crippen molar-refractivity contribution in [3.05, 3.63) is 29.8 Å². The van der Waals surface area contributed by atoms with E-state index in [2.05, 4.69) is 5.32 Å². The molecular weight excluding hydrogens is 242 g/mol. The highest BCUT2D eigenvalue weighted by Crippen LogP contribution is 2.21. The molecule has 1 aromatic carbocycles. The molecule has 1 N–H and O–H groups in total. The maximum atomic E-state index is 12.0. The second-order valence-electron chi connectivity index (χ2n) is 5.08. The average Bonchev–Trinajstić information content (AvgIpc) is 2.71. The van der Waals surface area contributed by atoms with Gasteiger partial charge in [-0.2, -0.15) is 0 Å². The van der Waals surface area contributed by atoms with Gasteiger partial charge in [-0.25, -0.2) is 4.79 Å². The molecule has 102 valence electrons. The lowest BCUT2D eigenvalue weighted by Crippen LogP contribution is -2.42. The molecule has 0 unspecified atom stereocenters. The van der Waals surface area contributed by atoms with Crippen LogP contribution in [0, 0.1) is 6.92 Å². The lowest BCUT2D eigenvalue weighted by Gasteiger charge is -2.19. The van der Waals surface area contributed by atoms with Crippen LogP contribution in [0.2, 0.25) is 0 Å². The SMILES string of the molecule is Cc1ccc(N2C[C@@H](NC(=O)N(C)C)CC2=O)cc1. The predicted molar refractivity (Wildman–Crippen MR) is 74.2 cm³/mol. The molecule has 1 saturated heterocycles. The van der Waals surface area contributed by atoms with Crippen molar-refractivity contribution in [3.63, 3.8) is 0 Å². The van der Waals surface area contributed by atoms with Crippen LogP contribution in [0.3, 0.4) is 0 Å². The van der Waals surface area contributed by atoms with Crippen molar-refractivity contribution >= 4 is 17.6 Å². The summed E-state index contributed by atoms with van der Waals surface area (Å²) < 4.78 is 0. The number of rotatable bonds is 2. The number of hydrogen-bond donors (Lipinski definition) is 1. The van der Waals surface area contributed by atoms with Crippen molar-refractivity contribution in [1.29, 1.82) is 0 Å². The van der Waals surface area contributed by atoms with E-state index >= 15 is 0 Å². The van der Waals surface area contributed by atoms with Gasteiger partial charge >= 0.3 is 6.03 Å². The van der Waals surface area contributed by atoms with Gasteiger partial charge < -0.3 is 15.1 Å². The third-order valence-electron chi connectivity index (χ3n) is 3.20. The van der Waals surface area contributed by atoms with E-state index in [-0.39, 0.29) is 18.0 Å². The van der Waals surface area contributed by atoms with Gasteiger partial charge in [0.1, 0.15) is 0 Å². The molecule has 0 radical (unpaired) electrons. The molecule has 1 heterocycles. The van der Waals surface area contributed by atoms with E-state index in [4.69, 9.17) is 0 Å². The Morgan fingerprint density at radius 3 is 2.53 bits per heavy atom. The van der Waals surface area contributed by atoms with Crippen LogP contribution in [-0.4, -0.2) is 43.5 Å². The predicted octanol–water partition coefficient (Wildman–Crippen LogP) is 1.37. The normalized spacial score (nSPS) is 18.6. The highest BCUT2D eigenvalue weighted by molar-refractivity contribution is 5.96. The number of hydrogen-bond acceptors (Lipinski definition) is 2. The zero-order chi connectivity index (χ0) is 14.0. The summed E-state index contributed by atoms with van der Waals surface area (Å²) in [5, 5.41) is 2.84. The molecule has 0 bridgehead atoms. The summed E-state index contributed by atoms with van der Waals surface area (Å²) in [6, 6.07) is 7.54. The largest absolute Gasteiger partial charge is 0.333 e. The fourth-order valence-corrected chi connectivity index (χ4v) is 2.08. The van der Waals surface area contributed by atoms with Crippen molar-refractivity contribution in [2.75, 3.05) is 25.5 Å². The van der Waals surface area contributed by atoms with Crippen LogP contribution in [0.15, 0.2) is 24.3 Å². The Bertz CT molecular complexity index is 482. The van der Waals surface area contributed by atoms with Crippen molar-refractivity contribution in [2.45, 2.75) is 19.4 Å². The molecule has 1 atom stereocenters. The Morgan fingerprint density at radius 1 is 1.32 bits per heavy atom. The number of carbonyl (C=O) groups excluding carboxylic acids is 2. The third-order valence-corrected chi connectivity index (χ3v) is 3.20. The highest BCUT2D eigenvalue weighted by atomic mass is 16.2. The Kier molecular flexibility index (Phi) is 3.74. The Morgan fingerprint density at radius 2 is 1.95 bits per heavy atom. The fraction of sp³-hybridized carbons (Fsp3) is 0.429. The van der Waals surface area contributed by atoms with E-state index < -0.39 is 0 Å². The second-order valence-corrected chi connectivity index (χ2v) is 5.08. The summed E-state index contributed by atoms with van der Waals surface area (Å²) in [4.78, 5) is 26.8. The molecule has 5 nitrogen and oxygen atoms in total. The zero-order valence-corrected chi connectivity index (χ0v) is 11.5. The number of urea groups is 1. The van der Waals surface area contributed by atoms with E-state index in [9.17, 15) is 9.59 Å². The second kappa shape index (κ2) is 5.30. The fourth-order valence-electron chi connectivity index (χ4n) is 2.08. The van der Waals surface area contributed by atoms with Crippen molar-refractivity contribution < 1.29 is 9.59 Å². The first-order valence-corrected chi connectivity index (χ1v) is 6.32. The number of anilines is 1. The van der Waals surface area contributed by atoms with Gasteiger partial charge in [0.05, 0.1) is 6.04 Å². The van der Waals surface area contributed by atoms with Crippen LogP contribution in [0.1, 0.15) is 12.0 Å². The molecule has 0 spiro atoms. The van der Waals surface area contributed by atoms with Gasteiger partial charge in [0, 0.05) is 32.7 Å². The van der Waals surface area contributed by atoms with Crippen molar-refractivity contribution in [1.82, 2.24) is 10.2 Å². The third kappa shape index (κ3) is 3.05. The first kappa shape index (κ1) is 13.4. The van der Waals surface area contributed by atoms with E-state index in [0.717, 1.165) is 11.3 Å². The molecule has 0 aliphatic carbocycles. The number of benzene rings is 1. The van der Waals surface area contributed by atoms with E-state index in [1.807, 2.05) is 31.2 Å². The highest BCUT2D eigenvalue weighted by Gasteiger charge is 2.31. The Labute approximate surface area is 113 Å². The van der Waals surface area contributed by atoms with E-state index in [0.29, 0.717) is 13.0 Å². The molecule has 0 saturated carbocycles. The number of carbonyl (C=O) groups is 2. The summed E-state index contributed by atoms with van der Waals surface area (Å²) in [6.07, 6.45) is 0.355. The number of nitrogens with one attached hydrogen (secondary N) is 1. The topological polar surface area (TPSA) is 52.7 Å². The van der Waals surface area contributed by atoms with E-state index in [1.165, 1.54) is 4.90 Å². The summed E-state index contributed by atoms with van der Waals surface area (Å²) >= 11 is 0. The van der Waals surface area contributed by atoms with Crippen molar-refractivity contribution in [3.8, 4) is 0 Å². The van der Waals surface area contributed by atoms with Gasteiger partial charge in [-0.05, 0) is 19.1 Å². The van der Waals surface area contributed by atoms with Crippen LogP contribution in [0.25, 0.3) is 0 Å². The quantitative estimate of drug-likeness (QED) is 0.874. The Hall–Kier alpha value is -2.04. The standard InChI is InChI=1S/C14H19N3O2/c1-10-4-6-12(7-5-10)17-9-11(8-13(17)18)15-14(19)16(2)3/h4-7,11H,8-9H2,1-3H3,(H,15,19)/t11-/m0/s1. The molecule has 1 fully saturated rings. The minimum absolute atomic E-state index is 0.0490. The first-order valence-electron chi connectivity index (χ1n) is 6.32. The van der Waals surface area contributed by atoms with Gasteiger partial charge in [0.25, 0.3) is 0 Å². The smallest absolute Gasteiger partial charge is 0.317 e. The molecule has 1 aliphatic rings. The maximum Gasteiger partial charge on any atom is 0.317 e. The molecule has 5 heteroatoms. The lowest BCUT2D eigenvalue weighted by atomic mass is 10.2. The average molecular weight is 261 g/mol. The van der Waals surface area contributed by atoms with Gasteiger partial charge in [0.15, 0.2) is 0 Å². The molecule has 3 amide bonds. The number of amides is 3. The summed E-state index contributed by atoms with van der Waals surface area (Å²) in [6.45, 7) is 2.54. The Balaban J connectivity index is 2.03. The van der Waals surface area contributed by atoms with Gasteiger partial charge in [-0.15, -0.1) is 0 Å². The lowest BCUT2D eigenvalue weighted by molar-refractivity contribution is -0.117. The molecule has 19 heavy (non-hydrogen) atoms. The molecule has 2 rings (SSSR count). The van der Waals surface area contributed by atoms with Crippen LogP contribution in [0.5, 0.6) is 0 Å². The summed E-state index contributed by atoms with van der Waals surface area (Å²) in [5.74, 6) is 0.0490. The van der Waals surface area contributed by atoms with Crippen LogP contribution < -0.4 is 10.2 Å². The summed E-state index contributed by atoms with van der Waals surface area (Å²) in [5.41, 5.74) is 2.05. The van der Waals surface area contributed by atoms with Crippen LogP contribution in [0.4, 0.5) is 10.5 Å².